The van der Waals surface area contributed by atoms with E-state index in [0.29, 0.717) is 16.4 Å². The van der Waals surface area contributed by atoms with Crippen LogP contribution in [0.4, 0.5) is 17.1 Å². The van der Waals surface area contributed by atoms with Gasteiger partial charge in [0.1, 0.15) is 11.6 Å². The molecule has 2 aromatic carbocycles. The van der Waals surface area contributed by atoms with Crippen molar-refractivity contribution >= 4 is 46.2 Å². The highest BCUT2D eigenvalue weighted by atomic mass is 35.5. The lowest BCUT2D eigenvalue weighted by Gasteiger charge is -2.12. The smallest absolute Gasteiger partial charge is 0.239 e. The fourth-order valence-electron chi connectivity index (χ4n) is 1.62. The maximum atomic E-state index is 11.2. The van der Waals surface area contributed by atoms with Gasteiger partial charge in [0, 0.05) is 11.8 Å². The van der Waals surface area contributed by atoms with Gasteiger partial charge in [-0.05, 0) is 18.2 Å². The van der Waals surface area contributed by atoms with E-state index in [-0.39, 0.29) is 11.6 Å². The molecule has 20 heavy (non-hydrogen) atoms. The highest BCUT2D eigenvalue weighted by molar-refractivity contribution is 6.35. The van der Waals surface area contributed by atoms with Crippen LogP contribution in [0.1, 0.15) is 0 Å². The number of hydrogen-bond donors (Lipinski definition) is 3. The first kappa shape index (κ1) is 14.5. The number of anilines is 3. The fourth-order valence-corrected chi connectivity index (χ4v) is 1.90. The second-order valence-corrected chi connectivity index (χ2v) is 4.70. The predicted molar refractivity (Wildman–Crippen MR) is 82.2 cm³/mol. The number of aromatic hydroxyl groups is 1. The van der Waals surface area contributed by atoms with Crippen molar-refractivity contribution < 1.29 is 9.90 Å². The van der Waals surface area contributed by atoms with Crippen LogP contribution in [0.5, 0.6) is 5.75 Å². The quantitative estimate of drug-likeness (QED) is 0.591. The minimum Gasteiger partial charge on any atom is -0.506 e. The minimum absolute atomic E-state index is 0.0249. The molecular weight excluding hydrogens is 299 g/mol. The van der Waals surface area contributed by atoms with Gasteiger partial charge in [-0.15, -0.1) is 11.6 Å². The zero-order chi connectivity index (χ0) is 14.5. The first-order valence-electron chi connectivity index (χ1n) is 5.80. The summed E-state index contributed by atoms with van der Waals surface area (Å²) >= 11 is 11.5. The van der Waals surface area contributed by atoms with Crippen molar-refractivity contribution in [1.82, 2.24) is 0 Å². The Morgan fingerprint density at radius 1 is 1.15 bits per heavy atom. The van der Waals surface area contributed by atoms with E-state index >= 15 is 0 Å². The van der Waals surface area contributed by atoms with Gasteiger partial charge >= 0.3 is 0 Å². The first-order chi connectivity index (χ1) is 9.60. The summed E-state index contributed by atoms with van der Waals surface area (Å²) in [5.41, 5.74) is 1.58. The van der Waals surface area contributed by atoms with Gasteiger partial charge < -0.3 is 15.7 Å². The van der Waals surface area contributed by atoms with Crippen molar-refractivity contribution in [2.45, 2.75) is 0 Å². The predicted octanol–water partition coefficient (Wildman–Crippen LogP) is 3.97. The van der Waals surface area contributed by atoms with Crippen molar-refractivity contribution in [3.8, 4) is 5.75 Å². The Balaban J connectivity index is 2.24. The van der Waals surface area contributed by atoms with Crippen LogP contribution in [0.2, 0.25) is 5.02 Å². The largest absolute Gasteiger partial charge is 0.506 e. The molecule has 4 nitrogen and oxygen atoms in total. The van der Waals surface area contributed by atoms with Crippen LogP contribution in [0, 0.1) is 0 Å². The number of phenols is 1. The number of hydrogen-bond acceptors (Lipinski definition) is 3. The molecule has 0 unspecified atom stereocenters. The number of carbonyl (C=O) groups is 1. The number of carbonyl (C=O) groups excluding carboxylic acids is 1. The molecule has 0 spiro atoms. The van der Waals surface area contributed by atoms with Crippen LogP contribution in [0.25, 0.3) is 0 Å². The lowest BCUT2D eigenvalue weighted by atomic mass is 10.2. The van der Waals surface area contributed by atoms with Gasteiger partial charge in [0.05, 0.1) is 16.4 Å². The molecule has 0 aliphatic carbocycles. The Morgan fingerprint density at radius 3 is 2.50 bits per heavy atom. The zero-order valence-corrected chi connectivity index (χ0v) is 11.9. The molecule has 0 saturated heterocycles. The summed E-state index contributed by atoms with van der Waals surface area (Å²) < 4.78 is 0. The van der Waals surface area contributed by atoms with Crippen LogP contribution >= 0.6 is 23.2 Å². The average Bonchev–Trinajstić information content (AvgIpc) is 2.45. The summed E-state index contributed by atoms with van der Waals surface area (Å²) in [5.74, 6) is -0.596. The number of nitrogens with one attached hydrogen (secondary N) is 2. The van der Waals surface area contributed by atoms with E-state index in [0.717, 1.165) is 5.69 Å². The molecule has 0 saturated carbocycles. The molecule has 0 fully saturated rings. The summed E-state index contributed by atoms with van der Waals surface area (Å²) in [5, 5.41) is 15.8. The molecule has 104 valence electrons. The van der Waals surface area contributed by atoms with E-state index in [9.17, 15) is 9.90 Å². The Labute approximate surface area is 126 Å². The number of benzene rings is 2. The highest BCUT2D eigenvalue weighted by Gasteiger charge is 2.10. The molecule has 0 aliphatic rings. The van der Waals surface area contributed by atoms with Crippen LogP contribution in [0.3, 0.4) is 0 Å². The zero-order valence-electron chi connectivity index (χ0n) is 10.4. The summed E-state index contributed by atoms with van der Waals surface area (Å²) in [4.78, 5) is 11.2. The van der Waals surface area contributed by atoms with E-state index in [2.05, 4.69) is 10.6 Å². The topological polar surface area (TPSA) is 61.4 Å². The summed E-state index contributed by atoms with van der Waals surface area (Å²) in [6.07, 6.45) is 0. The summed E-state index contributed by atoms with van der Waals surface area (Å²) in [6.45, 7) is 0. The maximum absolute atomic E-state index is 11.2. The Kier molecular flexibility index (Phi) is 4.71. The second-order valence-electron chi connectivity index (χ2n) is 4.02. The Morgan fingerprint density at radius 2 is 1.85 bits per heavy atom. The molecule has 0 aromatic heterocycles. The van der Waals surface area contributed by atoms with E-state index in [4.69, 9.17) is 23.2 Å². The number of halogens is 2. The second kappa shape index (κ2) is 6.50. The molecule has 0 aliphatic heterocycles. The molecular formula is C14H12Cl2N2O2. The molecule has 3 N–H and O–H groups in total. The number of phenolic OH excluding ortho intramolecular Hbond substituents is 1. The van der Waals surface area contributed by atoms with Crippen molar-refractivity contribution in [3.63, 3.8) is 0 Å². The van der Waals surface area contributed by atoms with Gasteiger partial charge in [0.2, 0.25) is 5.91 Å². The maximum Gasteiger partial charge on any atom is 0.239 e. The van der Waals surface area contributed by atoms with Gasteiger partial charge in [-0.25, -0.2) is 0 Å². The van der Waals surface area contributed by atoms with E-state index < -0.39 is 5.91 Å². The molecule has 0 heterocycles. The van der Waals surface area contributed by atoms with Crippen LogP contribution < -0.4 is 10.6 Å². The Hall–Kier alpha value is -1.91. The third-order valence-electron chi connectivity index (χ3n) is 2.53. The first-order valence-corrected chi connectivity index (χ1v) is 6.72. The molecule has 0 bridgehead atoms. The number of alkyl halides is 1. The summed E-state index contributed by atoms with van der Waals surface area (Å²) in [7, 11) is 0. The molecule has 6 heteroatoms. The lowest BCUT2D eigenvalue weighted by molar-refractivity contribution is -0.113. The van der Waals surface area contributed by atoms with Gasteiger partial charge in [0.15, 0.2) is 0 Å². The van der Waals surface area contributed by atoms with Gasteiger partial charge in [-0.1, -0.05) is 29.8 Å². The molecule has 0 atom stereocenters. The van der Waals surface area contributed by atoms with Gasteiger partial charge in [-0.3, -0.25) is 4.79 Å². The Bertz CT molecular complexity index is 618. The third-order valence-corrected chi connectivity index (χ3v) is 3.09. The van der Waals surface area contributed by atoms with Crippen LogP contribution in [-0.4, -0.2) is 16.9 Å². The normalized spacial score (nSPS) is 10.1. The van der Waals surface area contributed by atoms with E-state index in [1.807, 2.05) is 30.3 Å². The van der Waals surface area contributed by atoms with Crippen molar-refractivity contribution in [2.75, 3.05) is 16.5 Å². The average molecular weight is 311 g/mol. The monoisotopic (exact) mass is 310 g/mol. The fraction of sp³-hybridized carbons (Fsp3) is 0.0714. The van der Waals surface area contributed by atoms with Crippen molar-refractivity contribution in [3.05, 3.63) is 47.5 Å². The molecule has 2 rings (SSSR count). The van der Waals surface area contributed by atoms with E-state index in [1.165, 1.54) is 12.1 Å². The third kappa shape index (κ3) is 3.56. The van der Waals surface area contributed by atoms with Crippen molar-refractivity contribution in [1.29, 1.82) is 0 Å². The SMILES string of the molecule is O=C(CCl)Nc1cc(O)c(Nc2ccccc2)cc1Cl. The van der Waals surface area contributed by atoms with E-state index in [1.54, 1.807) is 0 Å². The van der Waals surface area contributed by atoms with Crippen LogP contribution in [-0.2, 0) is 4.79 Å². The molecule has 2 aromatic rings. The van der Waals surface area contributed by atoms with Gasteiger partial charge in [0.25, 0.3) is 0 Å². The number of amides is 1. The van der Waals surface area contributed by atoms with Gasteiger partial charge in [-0.2, -0.15) is 0 Å². The minimum atomic E-state index is -0.392. The summed E-state index contributed by atoms with van der Waals surface area (Å²) in [6, 6.07) is 12.3. The molecule has 1 amide bonds. The standard InChI is InChI=1S/C14H12Cl2N2O2/c15-8-14(20)18-11-7-13(19)12(6-10(11)16)17-9-4-2-1-3-5-9/h1-7,17,19H,8H2,(H,18,20). The number of para-hydroxylation sites is 1. The number of rotatable bonds is 4. The molecule has 0 radical (unpaired) electrons. The highest BCUT2D eigenvalue weighted by Crippen LogP contribution is 2.35. The lowest BCUT2D eigenvalue weighted by Crippen LogP contribution is -2.12. The van der Waals surface area contributed by atoms with Crippen molar-refractivity contribution in [2.24, 2.45) is 0 Å². The van der Waals surface area contributed by atoms with Crippen LogP contribution in [0.15, 0.2) is 42.5 Å².